The monoisotopic (exact) mass is 248 g/mol. The molecule has 0 bridgehead atoms. The number of pyridine rings is 1. The molecule has 1 saturated heterocycles. The van der Waals surface area contributed by atoms with Gasteiger partial charge >= 0.3 is 5.97 Å². The van der Waals surface area contributed by atoms with Crippen LogP contribution < -0.4 is 0 Å². The van der Waals surface area contributed by atoms with Crippen LogP contribution in [0.4, 0.5) is 0 Å². The molecular formula is C13H16N2O3. The van der Waals surface area contributed by atoms with E-state index in [4.69, 9.17) is 5.11 Å². The van der Waals surface area contributed by atoms with E-state index in [1.165, 1.54) is 0 Å². The number of carbonyl (C=O) groups excluding carboxylic acids is 1. The van der Waals surface area contributed by atoms with Crippen molar-refractivity contribution in [2.24, 2.45) is 0 Å². The van der Waals surface area contributed by atoms with Gasteiger partial charge in [0.05, 0.1) is 6.04 Å². The lowest BCUT2D eigenvalue weighted by atomic mass is 9.98. The molecule has 1 aliphatic rings. The highest BCUT2D eigenvalue weighted by Crippen LogP contribution is 2.33. The molecule has 1 aromatic rings. The quantitative estimate of drug-likeness (QED) is 0.874. The van der Waals surface area contributed by atoms with Gasteiger partial charge in [0.25, 0.3) is 0 Å². The predicted octanol–water partition coefficient (Wildman–Crippen LogP) is 1.39. The minimum absolute atomic E-state index is 0.0370. The first-order chi connectivity index (χ1) is 8.59. The Morgan fingerprint density at radius 3 is 3.00 bits per heavy atom. The van der Waals surface area contributed by atoms with Gasteiger partial charge < -0.3 is 10.0 Å². The second-order valence-corrected chi connectivity index (χ2v) is 4.53. The number of amides is 1. The Kier molecular flexibility index (Phi) is 3.60. The van der Waals surface area contributed by atoms with Crippen LogP contribution in [0.3, 0.4) is 0 Å². The van der Waals surface area contributed by atoms with E-state index >= 15 is 0 Å². The van der Waals surface area contributed by atoms with E-state index in [0.717, 1.165) is 17.5 Å². The molecule has 1 amide bonds. The van der Waals surface area contributed by atoms with Crippen LogP contribution >= 0.6 is 0 Å². The maximum atomic E-state index is 11.5. The number of carboxylic acid groups (broad SMARTS) is 1. The topological polar surface area (TPSA) is 70.5 Å². The van der Waals surface area contributed by atoms with E-state index in [9.17, 15) is 9.59 Å². The Morgan fingerprint density at radius 2 is 2.39 bits per heavy atom. The maximum absolute atomic E-state index is 11.5. The average molecular weight is 248 g/mol. The zero-order valence-corrected chi connectivity index (χ0v) is 10.3. The van der Waals surface area contributed by atoms with Crippen molar-refractivity contribution in [2.75, 3.05) is 7.05 Å². The first kappa shape index (κ1) is 12.5. The first-order valence-electron chi connectivity index (χ1n) is 6.00. The zero-order chi connectivity index (χ0) is 13.1. The summed E-state index contributed by atoms with van der Waals surface area (Å²) in [5, 5.41) is 8.74. The fourth-order valence-electron chi connectivity index (χ4n) is 2.37. The second kappa shape index (κ2) is 5.16. The van der Waals surface area contributed by atoms with Crippen molar-refractivity contribution < 1.29 is 14.7 Å². The third-order valence-electron chi connectivity index (χ3n) is 3.41. The Labute approximate surface area is 105 Å². The molecule has 1 atom stereocenters. The van der Waals surface area contributed by atoms with Gasteiger partial charge in [0.15, 0.2) is 0 Å². The molecule has 96 valence electrons. The summed E-state index contributed by atoms with van der Waals surface area (Å²) in [6, 6.07) is 1.88. The lowest BCUT2D eigenvalue weighted by Crippen LogP contribution is -2.23. The van der Waals surface area contributed by atoms with Gasteiger partial charge in [0, 0.05) is 32.3 Å². The number of likely N-dealkylation sites (tertiary alicyclic amines) is 1. The minimum atomic E-state index is -0.811. The maximum Gasteiger partial charge on any atom is 0.303 e. The highest BCUT2D eigenvalue weighted by molar-refractivity contribution is 5.78. The van der Waals surface area contributed by atoms with Crippen LogP contribution in [0, 0.1) is 0 Å². The van der Waals surface area contributed by atoms with Crippen molar-refractivity contribution in [2.45, 2.75) is 31.7 Å². The number of hydrogen-bond acceptors (Lipinski definition) is 3. The highest BCUT2D eigenvalue weighted by atomic mass is 16.4. The van der Waals surface area contributed by atoms with Crippen LogP contribution in [0.2, 0.25) is 0 Å². The van der Waals surface area contributed by atoms with E-state index in [2.05, 4.69) is 4.98 Å². The predicted molar refractivity (Wildman–Crippen MR) is 64.9 cm³/mol. The molecule has 2 heterocycles. The van der Waals surface area contributed by atoms with Gasteiger partial charge in [-0.3, -0.25) is 14.6 Å². The SMILES string of the molecule is CN1C(=O)CC[C@H]1c1cnccc1CCC(=O)O. The first-order valence-corrected chi connectivity index (χ1v) is 6.00. The van der Waals surface area contributed by atoms with Gasteiger partial charge in [-0.05, 0) is 30.0 Å². The highest BCUT2D eigenvalue weighted by Gasteiger charge is 2.30. The molecule has 0 radical (unpaired) electrons. The average Bonchev–Trinajstić information content (AvgIpc) is 2.68. The number of carboxylic acids is 1. The van der Waals surface area contributed by atoms with Crippen LogP contribution in [-0.2, 0) is 16.0 Å². The number of aryl methyl sites for hydroxylation is 1. The number of nitrogens with zero attached hydrogens (tertiary/aromatic N) is 2. The summed E-state index contributed by atoms with van der Waals surface area (Å²) in [7, 11) is 1.79. The van der Waals surface area contributed by atoms with Gasteiger partial charge in [-0.15, -0.1) is 0 Å². The molecule has 1 fully saturated rings. The summed E-state index contributed by atoms with van der Waals surface area (Å²) >= 11 is 0. The molecule has 0 saturated carbocycles. The second-order valence-electron chi connectivity index (χ2n) is 4.53. The van der Waals surface area contributed by atoms with Crippen molar-refractivity contribution in [1.82, 2.24) is 9.88 Å². The van der Waals surface area contributed by atoms with Crippen molar-refractivity contribution in [3.63, 3.8) is 0 Å². The lowest BCUT2D eigenvalue weighted by molar-refractivity contribution is -0.137. The Hall–Kier alpha value is -1.91. The fraction of sp³-hybridized carbons (Fsp3) is 0.462. The molecule has 0 unspecified atom stereocenters. The molecule has 18 heavy (non-hydrogen) atoms. The number of aliphatic carboxylic acids is 1. The molecule has 0 aromatic carbocycles. The van der Waals surface area contributed by atoms with Gasteiger partial charge in [-0.25, -0.2) is 0 Å². The van der Waals surface area contributed by atoms with E-state index in [1.807, 2.05) is 6.07 Å². The van der Waals surface area contributed by atoms with E-state index < -0.39 is 5.97 Å². The van der Waals surface area contributed by atoms with Crippen LogP contribution in [0.25, 0.3) is 0 Å². The summed E-state index contributed by atoms with van der Waals surface area (Å²) < 4.78 is 0. The van der Waals surface area contributed by atoms with Crippen LogP contribution in [0.5, 0.6) is 0 Å². The molecular weight excluding hydrogens is 232 g/mol. The number of carbonyl (C=O) groups is 2. The van der Waals surface area contributed by atoms with Crippen LogP contribution in [0.1, 0.15) is 36.4 Å². The third kappa shape index (κ3) is 2.50. The molecule has 5 nitrogen and oxygen atoms in total. The summed E-state index contributed by atoms with van der Waals surface area (Å²) in [6.45, 7) is 0. The Bertz CT molecular complexity index is 473. The molecule has 1 N–H and O–H groups in total. The number of aromatic nitrogens is 1. The van der Waals surface area contributed by atoms with Gasteiger partial charge in [-0.2, -0.15) is 0 Å². The number of hydrogen-bond donors (Lipinski definition) is 1. The van der Waals surface area contributed by atoms with Crippen molar-refractivity contribution in [1.29, 1.82) is 0 Å². The molecule has 0 aliphatic carbocycles. The lowest BCUT2D eigenvalue weighted by Gasteiger charge is -2.22. The molecule has 5 heteroatoms. The van der Waals surface area contributed by atoms with Gasteiger partial charge in [0.1, 0.15) is 0 Å². The van der Waals surface area contributed by atoms with E-state index in [0.29, 0.717) is 12.8 Å². The van der Waals surface area contributed by atoms with Crippen LogP contribution in [-0.4, -0.2) is 33.9 Å². The fourth-order valence-corrected chi connectivity index (χ4v) is 2.37. The molecule has 0 spiro atoms. The largest absolute Gasteiger partial charge is 0.481 e. The van der Waals surface area contributed by atoms with Crippen molar-refractivity contribution in [3.8, 4) is 0 Å². The minimum Gasteiger partial charge on any atom is -0.481 e. The molecule has 2 rings (SSSR count). The zero-order valence-electron chi connectivity index (χ0n) is 10.3. The summed E-state index contributed by atoms with van der Waals surface area (Å²) in [5.41, 5.74) is 1.95. The van der Waals surface area contributed by atoms with Crippen LogP contribution in [0.15, 0.2) is 18.5 Å². The number of rotatable bonds is 4. The summed E-state index contributed by atoms with van der Waals surface area (Å²) in [6.07, 6.45) is 5.32. The van der Waals surface area contributed by atoms with Gasteiger partial charge in [-0.1, -0.05) is 0 Å². The Balaban J connectivity index is 2.22. The van der Waals surface area contributed by atoms with Crippen molar-refractivity contribution >= 4 is 11.9 Å². The summed E-state index contributed by atoms with van der Waals surface area (Å²) in [4.78, 5) is 28.0. The van der Waals surface area contributed by atoms with E-state index in [1.54, 1.807) is 24.3 Å². The third-order valence-corrected chi connectivity index (χ3v) is 3.41. The molecule has 1 aromatic heterocycles. The standard InChI is InChI=1S/C13H16N2O3/c1-15-11(3-4-12(15)16)10-8-14-7-6-9(10)2-5-13(17)18/h6-8,11H,2-5H2,1H3,(H,17,18)/t11-/m0/s1. The smallest absolute Gasteiger partial charge is 0.303 e. The van der Waals surface area contributed by atoms with Crippen molar-refractivity contribution in [3.05, 3.63) is 29.6 Å². The van der Waals surface area contributed by atoms with Gasteiger partial charge in [0.2, 0.25) is 5.91 Å². The Morgan fingerprint density at radius 1 is 1.61 bits per heavy atom. The summed E-state index contributed by atoms with van der Waals surface area (Å²) in [5.74, 6) is -0.679. The normalized spacial score (nSPS) is 19.3. The van der Waals surface area contributed by atoms with E-state index in [-0.39, 0.29) is 18.4 Å². The molecule has 1 aliphatic heterocycles.